The summed E-state index contributed by atoms with van der Waals surface area (Å²) in [5.41, 5.74) is 2.17. The molecule has 0 bridgehead atoms. The summed E-state index contributed by atoms with van der Waals surface area (Å²) in [5.74, 6) is 0. The van der Waals surface area contributed by atoms with Crippen LogP contribution in [0.5, 0.6) is 0 Å². The number of fused-ring (bicyclic) bond motifs is 2. The Labute approximate surface area is 132 Å². The highest BCUT2D eigenvalue weighted by Crippen LogP contribution is 2.53. The molecule has 1 aromatic heterocycles. The highest BCUT2D eigenvalue weighted by Gasteiger charge is 2.42. The number of hydrogen-bond donors (Lipinski definition) is 0. The second-order valence-electron chi connectivity index (χ2n) is 5.60. The molecular formula is C18H15NO2S. The van der Waals surface area contributed by atoms with Crippen molar-refractivity contribution in [3.8, 4) is 0 Å². The van der Waals surface area contributed by atoms with Crippen LogP contribution in [0.1, 0.15) is 12.5 Å². The largest absolute Gasteiger partial charge is 0.422 e. The normalized spacial score (nSPS) is 20.4. The van der Waals surface area contributed by atoms with Crippen molar-refractivity contribution in [3.63, 3.8) is 0 Å². The lowest BCUT2D eigenvalue weighted by Gasteiger charge is -2.32. The van der Waals surface area contributed by atoms with E-state index in [-0.39, 0.29) is 5.63 Å². The van der Waals surface area contributed by atoms with Crippen molar-refractivity contribution in [2.75, 3.05) is 11.9 Å². The fourth-order valence-electron chi connectivity index (χ4n) is 2.95. The Balaban J connectivity index is 1.92. The maximum absolute atomic E-state index is 12.5. The molecule has 22 heavy (non-hydrogen) atoms. The third-order valence-electron chi connectivity index (χ3n) is 4.32. The SMILES string of the molecule is CN1c2ccccc2SC1(C)c1cc2ccccc2oc1=O. The Kier molecular flexibility index (Phi) is 2.84. The van der Waals surface area contributed by atoms with E-state index in [1.807, 2.05) is 49.5 Å². The molecule has 0 amide bonds. The second kappa shape index (κ2) is 4.65. The highest BCUT2D eigenvalue weighted by atomic mass is 32.2. The van der Waals surface area contributed by atoms with Gasteiger partial charge in [-0.1, -0.05) is 42.1 Å². The summed E-state index contributed by atoms with van der Waals surface area (Å²) in [6.45, 7) is 2.07. The van der Waals surface area contributed by atoms with Crippen LogP contribution >= 0.6 is 11.8 Å². The summed E-state index contributed by atoms with van der Waals surface area (Å²) in [5, 5.41) is 0.947. The van der Waals surface area contributed by atoms with E-state index in [4.69, 9.17) is 4.42 Å². The molecule has 0 N–H and O–H groups in total. The molecule has 110 valence electrons. The first-order valence-corrected chi connectivity index (χ1v) is 7.96. The third kappa shape index (κ3) is 1.80. The van der Waals surface area contributed by atoms with Gasteiger partial charge in [0.2, 0.25) is 0 Å². The lowest BCUT2D eigenvalue weighted by atomic mass is 10.1. The Morgan fingerprint density at radius 3 is 2.64 bits per heavy atom. The van der Waals surface area contributed by atoms with Gasteiger partial charge in [0.15, 0.2) is 0 Å². The van der Waals surface area contributed by atoms with E-state index in [9.17, 15) is 4.79 Å². The first kappa shape index (κ1) is 13.5. The maximum Gasteiger partial charge on any atom is 0.342 e. The standard InChI is InChI=1S/C18H15NO2S/c1-18(19(2)14-8-4-6-10-16(14)22-18)13-11-12-7-3-5-9-15(12)21-17(13)20/h3-11H,1-2H3. The van der Waals surface area contributed by atoms with Gasteiger partial charge in [0.05, 0.1) is 11.3 Å². The third-order valence-corrected chi connectivity index (χ3v) is 5.77. The zero-order valence-corrected chi connectivity index (χ0v) is 13.2. The van der Waals surface area contributed by atoms with Crippen molar-refractivity contribution < 1.29 is 4.42 Å². The van der Waals surface area contributed by atoms with Crippen molar-refractivity contribution >= 4 is 28.4 Å². The van der Waals surface area contributed by atoms with E-state index >= 15 is 0 Å². The predicted molar refractivity (Wildman–Crippen MR) is 90.5 cm³/mol. The van der Waals surface area contributed by atoms with Crippen LogP contribution < -0.4 is 10.5 Å². The number of hydrogen-bond acceptors (Lipinski definition) is 4. The molecule has 1 atom stereocenters. The van der Waals surface area contributed by atoms with Crippen LogP contribution in [0.15, 0.2) is 68.7 Å². The zero-order chi connectivity index (χ0) is 15.3. The molecule has 0 spiro atoms. The number of para-hydroxylation sites is 2. The molecule has 2 heterocycles. The molecule has 1 aliphatic rings. The number of anilines is 1. The first-order chi connectivity index (χ1) is 10.6. The number of benzene rings is 2. The van der Waals surface area contributed by atoms with Crippen LogP contribution in [0.25, 0.3) is 11.0 Å². The summed E-state index contributed by atoms with van der Waals surface area (Å²) in [4.78, 5) is 15.4. The lowest BCUT2D eigenvalue weighted by Crippen LogP contribution is -2.38. The van der Waals surface area contributed by atoms with Gasteiger partial charge in [-0.05, 0) is 31.2 Å². The number of thioether (sulfide) groups is 1. The topological polar surface area (TPSA) is 33.5 Å². The van der Waals surface area contributed by atoms with Gasteiger partial charge in [-0.15, -0.1) is 0 Å². The summed E-state index contributed by atoms with van der Waals surface area (Å²) in [6.07, 6.45) is 0. The van der Waals surface area contributed by atoms with Crippen LogP contribution in [0, 0.1) is 0 Å². The molecule has 1 aliphatic heterocycles. The van der Waals surface area contributed by atoms with Gasteiger partial charge in [-0.25, -0.2) is 4.79 Å². The quantitative estimate of drug-likeness (QED) is 0.631. The average Bonchev–Trinajstić information content (AvgIpc) is 2.79. The van der Waals surface area contributed by atoms with Crippen molar-refractivity contribution in [1.29, 1.82) is 0 Å². The van der Waals surface area contributed by atoms with Crippen molar-refractivity contribution in [2.24, 2.45) is 0 Å². The van der Waals surface area contributed by atoms with Crippen LogP contribution in [0.2, 0.25) is 0 Å². The van der Waals surface area contributed by atoms with E-state index in [1.165, 1.54) is 4.90 Å². The van der Waals surface area contributed by atoms with Crippen LogP contribution in [-0.2, 0) is 4.87 Å². The predicted octanol–water partition coefficient (Wildman–Crippen LogP) is 4.21. The van der Waals surface area contributed by atoms with Crippen molar-refractivity contribution in [1.82, 2.24) is 0 Å². The lowest BCUT2D eigenvalue weighted by molar-refractivity contribution is 0.530. The monoisotopic (exact) mass is 309 g/mol. The molecule has 4 heteroatoms. The van der Waals surface area contributed by atoms with Gasteiger partial charge in [0.1, 0.15) is 10.5 Å². The van der Waals surface area contributed by atoms with Gasteiger partial charge >= 0.3 is 5.63 Å². The van der Waals surface area contributed by atoms with Gasteiger partial charge in [0, 0.05) is 17.3 Å². The number of nitrogens with zero attached hydrogens (tertiary/aromatic N) is 1. The molecule has 3 nitrogen and oxygen atoms in total. The highest BCUT2D eigenvalue weighted by molar-refractivity contribution is 8.00. The molecule has 2 aromatic carbocycles. The Bertz CT molecular complexity index is 934. The smallest absolute Gasteiger partial charge is 0.342 e. The minimum Gasteiger partial charge on any atom is -0.422 e. The minimum atomic E-state index is -0.464. The van der Waals surface area contributed by atoms with Gasteiger partial charge < -0.3 is 9.32 Å². The molecule has 3 aromatic rings. The van der Waals surface area contributed by atoms with Crippen LogP contribution in [0.3, 0.4) is 0 Å². The second-order valence-corrected chi connectivity index (χ2v) is 7.04. The van der Waals surface area contributed by atoms with E-state index in [1.54, 1.807) is 11.8 Å². The molecule has 0 saturated carbocycles. The molecule has 0 radical (unpaired) electrons. The van der Waals surface area contributed by atoms with Gasteiger partial charge in [-0.3, -0.25) is 0 Å². The molecule has 0 saturated heterocycles. The van der Waals surface area contributed by atoms with Crippen molar-refractivity contribution in [2.45, 2.75) is 16.7 Å². The van der Waals surface area contributed by atoms with Crippen LogP contribution in [-0.4, -0.2) is 7.05 Å². The van der Waals surface area contributed by atoms with E-state index in [0.717, 1.165) is 11.1 Å². The summed E-state index contributed by atoms with van der Waals surface area (Å²) in [7, 11) is 2.02. The first-order valence-electron chi connectivity index (χ1n) is 7.15. The minimum absolute atomic E-state index is 0.270. The Morgan fingerprint density at radius 2 is 1.82 bits per heavy atom. The molecule has 0 fully saturated rings. The zero-order valence-electron chi connectivity index (χ0n) is 12.4. The Morgan fingerprint density at radius 1 is 1.09 bits per heavy atom. The molecule has 0 aliphatic carbocycles. The van der Waals surface area contributed by atoms with Crippen molar-refractivity contribution in [3.05, 3.63) is 70.6 Å². The van der Waals surface area contributed by atoms with Gasteiger partial charge in [0.25, 0.3) is 0 Å². The fourth-order valence-corrected chi connectivity index (χ4v) is 4.33. The Hall–Kier alpha value is -2.20. The molecule has 4 rings (SSSR count). The van der Waals surface area contributed by atoms with E-state index in [2.05, 4.69) is 24.0 Å². The number of rotatable bonds is 1. The molecule has 1 unspecified atom stereocenters. The van der Waals surface area contributed by atoms with Crippen LogP contribution in [0.4, 0.5) is 5.69 Å². The van der Waals surface area contributed by atoms with E-state index < -0.39 is 4.87 Å². The summed E-state index contributed by atoms with van der Waals surface area (Å²) in [6, 6.07) is 17.8. The fraction of sp³-hybridized carbons (Fsp3) is 0.167. The van der Waals surface area contributed by atoms with E-state index in [0.29, 0.717) is 11.1 Å². The maximum atomic E-state index is 12.5. The molecular weight excluding hydrogens is 294 g/mol. The summed E-state index contributed by atoms with van der Waals surface area (Å²) >= 11 is 1.69. The summed E-state index contributed by atoms with van der Waals surface area (Å²) < 4.78 is 5.52. The average molecular weight is 309 g/mol. The van der Waals surface area contributed by atoms with Gasteiger partial charge in [-0.2, -0.15) is 0 Å².